The van der Waals surface area contributed by atoms with E-state index >= 15 is 0 Å². The maximum Gasteiger partial charge on any atom is 0.264 e. The van der Waals surface area contributed by atoms with Crippen LogP contribution in [0.5, 0.6) is 0 Å². The number of benzene rings is 2. The minimum absolute atomic E-state index is 0.0372. The highest BCUT2D eigenvalue weighted by atomic mass is 32.2. The molecule has 4 nitrogen and oxygen atoms in total. The van der Waals surface area contributed by atoms with Crippen LogP contribution in [0.1, 0.15) is 24.1 Å². The van der Waals surface area contributed by atoms with E-state index < -0.39 is 10.1 Å². The second-order valence-corrected chi connectivity index (χ2v) is 7.60. The highest BCUT2D eigenvalue weighted by molar-refractivity contribution is 7.86. The maximum absolute atomic E-state index is 11.4. The third kappa shape index (κ3) is 3.63. The van der Waals surface area contributed by atoms with Crippen molar-refractivity contribution in [1.82, 2.24) is 4.90 Å². The summed E-state index contributed by atoms with van der Waals surface area (Å²) in [4.78, 5) is 2.28. The Labute approximate surface area is 137 Å². The molecule has 0 N–H and O–H groups in total. The molecule has 1 aliphatic heterocycles. The van der Waals surface area contributed by atoms with Gasteiger partial charge in [0.25, 0.3) is 10.1 Å². The molecule has 3 rings (SSSR count). The Morgan fingerprint density at radius 1 is 1.00 bits per heavy atom. The monoisotopic (exact) mass is 331 g/mol. The molecule has 122 valence electrons. The molecular weight excluding hydrogens is 310 g/mol. The lowest BCUT2D eigenvalue weighted by Gasteiger charge is -2.49. The first-order valence-electron chi connectivity index (χ1n) is 7.69. The summed E-state index contributed by atoms with van der Waals surface area (Å²) in [7, 11) is -3.42. The smallest absolute Gasteiger partial charge is 0.264 e. The summed E-state index contributed by atoms with van der Waals surface area (Å²) >= 11 is 0. The molecule has 0 aromatic heterocycles. The molecule has 2 atom stereocenters. The van der Waals surface area contributed by atoms with Crippen molar-refractivity contribution in [3.8, 4) is 0 Å². The third-order valence-electron chi connectivity index (χ3n) is 4.31. The van der Waals surface area contributed by atoms with Crippen LogP contribution in [-0.2, 0) is 14.3 Å². The van der Waals surface area contributed by atoms with E-state index in [9.17, 15) is 8.42 Å². The molecule has 1 heterocycles. The van der Waals surface area contributed by atoms with Crippen molar-refractivity contribution in [2.24, 2.45) is 0 Å². The summed E-state index contributed by atoms with van der Waals surface area (Å²) in [5.74, 6) is 0. The predicted octanol–water partition coefficient (Wildman–Crippen LogP) is 2.82. The largest absolute Gasteiger partial charge is 0.284 e. The van der Waals surface area contributed by atoms with Crippen LogP contribution in [0, 0.1) is 0 Å². The second kappa shape index (κ2) is 6.43. The average molecular weight is 331 g/mol. The molecule has 1 saturated heterocycles. The SMILES string of the molecule is C[C@H]1[C@@H](OS(C)(=O)=O)CN1C(c1ccccc1)c1ccccc1. The number of nitrogens with zero attached hydrogens (tertiary/aromatic N) is 1. The van der Waals surface area contributed by atoms with Crippen LogP contribution in [0.2, 0.25) is 0 Å². The van der Waals surface area contributed by atoms with Crippen LogP contribution in [0.3, 0.4) is 0 Å². The molecule has 2 aromatic carbocycles. The van der Waals surface area contributed by atoms with Crippen molar-refractivity contribution in [3.63, 3.8) is 0 Å². The number of likely N-dealkylation sites (tertiary alicyclic amines) is 1. The molecule has 1 fully saturated rings. The van der Waals surface area contributed by atoms with Gasteiger partial charge in [-0.2, -0.15) is 8.42 Å². The van der Waals surface area contributed by atoms with Crippen LogP contribution in [-0.4, -0.2) is 38.3 Å². The Hall–Kier alpha value is -1.69. The fraction of sp³-hybridized carbons (Fsp3) is 0.333. The van der Waals surface area contributed by atoms with Crippen molar-refractivity contribution < 1.29 is 12.6 Å². The summed E-state index contributed by atoms with van der Waals surface area (Å²) in [6, 6.07) is 20.7. The molecule has 0 saturated carbocycles. The van der Waals surface area contributed by atoms with Gasteiger partial charge in [0.2, 0.25) is 0 Å². The standard InChI is InChI=1S/C18H21NO3S/c1-14-17(22-23(2,20)21)13-19(14)18(15-9-5-3-6-10-15)16-11-7-4-8-12-16/h3-12,14,17-18H,13H2,1-2H3/t14-,17-/m0/s1. The molecule has 0 unspecified atom stereocenters. The zero-order valence-corrected chi connectivity index (χ0v) is 14.1. The summed E-state index contributed by atoms with van der Waals surface area (Å²) in [5, 5.41) is 0. The van der Waals surface area contributed by atoms with Crippen molar-refractivity contribution in [2.75, 3.05) is 12.8 Å². The average Bonchev–Trinajstić information content (AvgIpc) is 2.54. The van der Waals surface area contributed by atoms with E-state index in [1.165, 1.54) is 11.1 Å². The Bertz CT molecular complexity index is 707. The Balaban J connectivity index is 1.87. The zero-order chi connectivity index (χ0) is 16.4. The summed E-state index contributed by atoms with van der Waals surface area (Å²) in [5.41, 5.74) is 2.40. The van der Waals surface area contributed by atoms with Crippen LogP contribution in [0.25, 0.3) is 0 Å². The fourth-order valence-corrected chi connectivity index (χ4v) is 3.79. The molecule has 23 heavy (non-hydrogen) atoms. The van der Waals surface area contributed by atoms with Crippen LogP contribution in [0.15, 0.2) is 60.7 Å². The van der Waals surface area contributed by atoms with Crippen molar-refractivity contribution in [1.29, 1.82) is 0 Å². The number of hydrogen-bond donors (Lipinski definition) is 0. The molecule has 0 spiro atoms. The lowest BCUT2D eigenvalue weighted by Crippen LogP contribution is -2.61. The van der Waals surface area contributed by atoms with Crippen molar-refractivity contribution >= 4 is 10.1 Å². The first kappa shape index (κ1) is 16.2. The molecule has 1 aliphatic rings. The van der Waals surface area contributed by atoms with Gasteiger partial charge in [0.05, 0.1) is 12.3 Å². The van der Waals surface area contributed by atoms with E-state index in [1.807, 2.05) is 43.3 Å². The van der Waals surface area contributed by atoms with Crippen molar-refractivity contribution in [2.45, 2.75) is 25.1 Å². The van der Waals surface area contributed by atoms with E-state index in [2.05, 4.69) is 29.2 Å². The normalized spacial score (nSPS) is 22.0. The van der Waals surface area contributed by atoms with E-state index in [4.69, 9.17) is 4.18 Å². The van der Waals surface area contributed by atoms with Gasteiger partial charge in [-0.3, -0.25) is 9.08 Å². The topological polar surface area (TPSA) is 46.6 Å². The first-order chi connectivity index (χ1) is 11.0. The van der Waals surface area contributed by atoms with Gasteiger partial charge in [-0.05, 0) is 18.1 Å². The van der Waals surface area contributed by atoms with Gasteiger partial charge in [0, 0.05) is 12.6 Å². The summed E-state index contributed by atoms with van der Waals surface area (Å²) < 4.78 is 27.9. The molecule has 0 amide bonds. The molecule has 5 heteroatoms. The van der Waals surface area contributed by atoms with Gasteiger partial charge in [-0.1, -0.05) is 60.7 Å². The lowest BCUT2D eigenvalue weighted by atomic mass is 9.90. The lowest BCUT2D eigenvalue weighted by molar-refractivity contribution is -0.0508. The fourth-order valence-electron chi connectivity index (χ4n) is 3.12. The first-order valence-corrected chi connectivity index (χ1v) is 9.51. The molecule has 2 aromatic rings. The highest BCUT2D eigenvalue weighted by Gasteiger charge is 2.43. The Morgan fingerprint density at radius 2 is 1.48 bits per heavy atom. The van der Waals surface area contributed by atoms with Gasteiger partial charge < -0.3 is 0 Å². The minimum Gasteiger partial charge on any atom is -0.284 e. The van der Waals surface area contributed by atoms with Crippen molar-refractivity contribution in [3.05, 3.63) is 71.8 Å². The summed E-state index contributed by atoms with van der Waals surface area (Å²) in [6.07, 6.45) is 0.828. The van der Waals surface area contributed by atoms with E-state index in [-0.39, 0.29) is 18.2 Å². The quantitative estimate of drug-likeness (QED) is 0.791. The van der Waals surface area contributed by atoms with Gasteiger partial charge >= 0.3 is 0 Å². The molecular formula is C18H21NO3S. The van der Waals surface area contributed by atoms with Gasteiger partial charge in [-0.15, -0.1) is 0 Å². The second-order valence-electron chi connectivity index (χ2n) is 6.00. The van der Waals surface area contributed by atoms with Gasteiger partial charge in [0.1, 0.15) is 6.10 Å². The minimum atomic E-state index is -3.42. The molecule has 0 radical (unpaired) electrons. The van der Waals surface area contributed by atoms with Crippen LogP contribution < -0.4 is 0 Å². The number of hydrogen-bond acceptors (Lipinski definition) is 4. The molecule has 0 aliphatic carbocycles. The van der Waals surface area contributed by atoms with Crippen LogP contribution >= 0.6 is 0 Å². The van der Waals surface area contributed by atoms with Crippen LogP contribution in [0.4, 0.5) is 0 Å². The zero-order valence-electron chi connectivity index (χ0n) is 13.3. The van der Waals surface area contributed by atoms with E-state index in [1.54, 1.807) is 0 Å². The van der Waals surface area contributed by atoms with Gasteiger partial charge in [-0.25, -0.2) is 0 Å². The predicted molar refractivity (Wildman–Crippen MR) is 90.6 cm³/mol. The third-order valence-corrected chi connectivity index (χ3v) is 4.91. The Kier molecular flexibility index (Phi) is 4.53. The summed E-state index contributed by atoms with van der Waals surface area (Å²) in [6.45, 7) is 2.61. The van der Waals surface area contributed by atoms with E-state index in [0.717, 1.165) is 6.26 Å². The Morgan fingerprint density at radius 3 is 1.87 bits per heavy atom. The van der Waals surface area contributed by atoms with Gasteiger partial charge in [0.15, 0.2) is 0 Å². The maximum atomic E-state index is 11.4. The highest BCUT2D eigenvalue weighted by Crippen LogP contribution is 2.37. The number of rotatable bonds is 5. The van der Waals surface area contributed by atoms with E-state index in [0.29, 0.717) is 6.54 Å². The molecule has 0 bridgehead atoms.